The molecule has 4 N–H and O–H groups in total. The number of anilines is 1. The molecule has 2 aromatic rings. The van der Waals surface area contributed by atoms with E-state index in [1.807, 2.05) is 0 Å². The highest BCUT2D eigenvalue weighted by molar-refractivity contribution is 8.01. The number of aromatic nitrogens is 5. The zero-order valence-corrected chi connectivity index (χ0v) is 18.9. The fourth-order valence-electron chi connectivity index (χ4n) is 3.27. The van der Waals surface area contributed by atoms with Gasteiger partial charge in [0.2, 0.25) is 11.1 Å². The highest BCUT2D eigenvalue weighted by Gasteiger charge is 2.54. The second-order valence-electron chi connectivity index (χ2n) is 6.82. The van der Waals surface area contributed by atoms with Crippen molar-refractivity contribution in [3.8, 4) is 0 Å². The molecule has 0 spiro atoms. The number of carboxylic acid groups (broad SMARTS) is 1. The van der Waals surface area contributed by atoms with Gasteiger partial charge >= 0.3 is 5.97 Å². The van der Waals surface area contributed by atoms with Gasteiger partial charge in [-0.05, 0) is 22.9 Å². The number of nitrogens with zero attached hydrogens (tertiary/aromatic N) is 6. The largest absolute Gasteiger partial charge is 0.477 e. The first kappa shape index (κ1) is 21.6. The number of rotatable bonds is 7. The van der Waals surface area contributed by atoms with Crippen LogP contribution in [0.15, 0.2) is 16.4 Å². The van der Waals surface area contributed by atoms with Crippen molar-refractivity contribution in [1.82, 2.24) is 35.4 Å². The van der Waals surface area contributed by atoms with Gasteiger partial charge in [-0.1, -0.05) is 11.8 Å². The van der Waals surface area contributed by atoms with E-state index >= 15 is 0 Å². The molecular weight excluding hydrogens is 464 g/mol. The van der Waals surface area contributed by atoms with Gasteiger partial charge in [-0.25, -0.2) is 14.5 Å². The van der Waals surface area contributed by atoms with E-state index in [4.69, 9.17) is 5.73 Å². The summed E-state index contributed by atoms with van der Waals surface area (Å²) in [5, 5.41) is 24.1. The maximum Gasteiger partial charge on any atom is 0.352 e. The van der Waals surface area contributed by atoms with Crippen LogP contribution in [-0.2, 0) is 27.9 Å². The lowest BCUT2D eigenvalue weighted by atomic mass is 10.0. The number of amides is 2. The maximum atomic E-state index is 12.7. The molecule has 0 aromatic carbocycles. The summed E-state index contributed by atoms with van der Waals surface area (Å²) in [6.07, 6.45) is 0.0666. The Morgan fingerprint density at radius 2 is 2.19 bits per heavy atom. The van der Waals surface area contributed by atoms with Crippen LogP contribution in [0.3, 0.4) is 0 Å². The zero-order chi connectivity index (χ0) is 22.3. The van der Waals surface area contributed by atoms with Gasteiger partial charge in [0.25, 0.3) is 5.91 Å². The van der Waals surface area contributed by atoms with Crippen LogP contribution >= 0.6 is 34.9 Å². The van der Waals surface area contributed by atoms with Crippen LogP contribution in [0.2, 0.25) is 0 Å². The molecule has 0 saturated carbocycles. The van der Waals surface area contributed by atoms with Gasteiger partial charge < -0.3 is 16.2 Å². The van der Waals surface area contributed by atoms with Crippen LogP contribution in [0.4, 0.5) is 5.13 Å². The second kappa shape index (κ2) is 8.47. The standard InChI is InChI=1S/C16H18N8O4S3/c1-6-8(31-15(17)18-6)3-9(25)19-10-12(26)24-11(14(27)28)7(4-29-13(10)24)5-30-16-20-21-22-23(16)2/h10,13H,3-5H2,1-2H3,(H2,17,18)(H,19,25)(H,27,28)/t10?,13-/m1/s1. The molecule has 2 aliphatic rings. The molecule has 2 amide bonds. The summed E-state index contributed by atoms with van der Waals surface area (Å²) < 4.78 is 1.49. The van der Waals surface area contributed by atoms with Crippen LogP contribution in [0.25, 0.3) is 0 Å². The summed E-state index contributed by atoms with van der Waals surface area (Å²) in [4.78, 5) is 43.2. The molecule has 15 heteroatoms. The molecule has 31 heavy (non-hydrogen) atoms. The molecule has 0 radical (unpaired) electrons. The quantitative estimate of drug-likeness (QED) is 0.347. The highest BCUT2D eigenvalue weighted by atomic mass is 32.2. The Morgan fingerprint density at radius 1 is 1.42 bits per heavy atom. The highest BCUT2D eigenvalue weighted by Crippen LogP contribution is 2.41. The van der Waals surface area contributed by atoms with Crippen molar-refractivity contribution >= 4 is 57.8 Å². The Bertz CT molecular complexity index is 1100. The smallest absolute Gasteiger partial charge is 0.352 e. The molecule has 0 bridgehead atoms. The van der Waals surface area contributed by atoms with Gasteiger partial charge in [-0.15, -0.1) is 28.2 Å². The molecule has 1 unspecified atom stereocenters. The predicted octanol–water partition coefficient (Wildman–Crippen LogP) is -0.369. The minimum atomic E-state index is -1.18. The van der Waals surface area contributed by atoms with E-state index in [9.17, 15) is 19.5 Å². The molecule has 2 atom stereocenters. The number of nitrogens with one attached hydrogen (secondary N) is 1. The number of carbonyl (C=O) groups is 3. The van der Waals surface area contributed by atoms with Crippen LogP contribution in [0.5, 0.6) is 0 Å². The number of aliphatic carboxylic acids is 1. The van der Waals surface area contributed by atoms with Gasteiger partial charge in [0.15, 0.2) is 5.13 Å². The van der Waals surface area contributed by atoms with E-state index in [-0.39, 0.29) is 18.0 Å². The SMILES string of the molecule is Cc1nc(N)sc1CC(=O)NC1C(=O)N2C(C(=O)O)=C(CSc3nnnn3C)CS[C@H]12. The molecule has 164 valence electrons. The van der Waals surface area contributed by atoms with Crippen molar-refractivity contribution < 1.29 is 19.5 Å². The van der Waals surface area contributed by atoms with E-state index in [2.05, 4.69) is 25.8 Å². The van der Waals surface area contributed by atoms with Crippen LogP contribution in [0, 0.1) is 6.92 Å². The summed E-state index contributed by atoms with van der Waals surface area (Å²) in [6.45, 7) is 1.77. The van der Waals surface area contributed by atoms with Gasteiger partial charge in [0.1, 0.15) is 17.1 Å². The second-order valence-corrected chi connectivity index (χ2v) is 9.99. The van der Waals surface area contributed by atoms with Gasteiger partial charge in [0, 0.05) is 23.4 Å². The Morgan fingerprint density at radius 3 is 2.81 bits per heavy atom. The third-order valence-electron chi connectivity index (χ3n) is 4.75. The molecular formula is C16H18N8O4S3. The third-order valence-corrected chi connectivity index (χ3v) is 8.18. The van der Waals surface area contributed by atoms with Crippen molar-refractivity contribution in [2.24, 2.45) is 7.05 Å². The van der Waals surface area contributed by atoms with Crippen molar-refractivity contribution in [3.63, 3.8) is 0 Å². The summed E-state index contributed by atoms with van der Waals surface area (Å²) in [6, 6.07) is -0.769. The number of tetrazole rings is 1. The number of thiazole rings is 1. The van der Waals surface area contributed by atoms with Crippen molar-refractivity contribution in [1.29, 1.82) is 0 Å². The molecule has 1 fully saturated rings. The Hall–Kier alpha value is -2.65. The number of carboxylic acids is 1. The number of hydrogen-bond donors (Lipinski definition) is 3. The lowest BCUT2D eigenvalue weighted by Gasteiger charge is -2.49. The first-order valence-electron chi connectivity index (χ1n) is 9.02. The maximum absolute atomic E-state index is 12.7. The van der Waals surface area contributed by atoms with E-state index in [0.717, 1.165) is 4.88 Å². The Balaban J connectivity index is 1.44. The molecule has 12 nitrogen and oxygen atoms in total. The summed E-state index contributed by atoms with van der Waals surface area (Å²) in [5.74, 6) is -1.19. The zero-order valence-electron chi connectivity index (χ0n) is 16.4. The Labute approximate surface area is 188 Å². The van der Waals surface area contributed by atoms with Crippen LogP contribution in [0.1, 0.15) is 10.6 Å². The number of aryl methyl sites for hydroxylation is 2. The molecule has 2 aliphatic heterocycles. The minimum Gasteiger partial charge on any atom is -0.477 e. The van der Waals surface area contributed by atoms with Gasteiger partial charge in [-0.3, -0.25) is 14.5 Å². The van der Waals surface area contributed by atoms with E-state index in [1.165, 1.54) is 44.4 Å². The number of thioether (sulfide) groups is 2. The summed E-state index contributed by atoms with van der Waals surface area (Å²) >= 11 is 3.95. The van der Waals surface area contributed by atoms with E-state index < -0.39 is 23.3 Å². The Kier molecular flexibility index (Phi) is 5.90. The molecule has 0 aliphatic carbocycles. The molecule has 4 rings (SSSR count). The van der Waals surface area contributed by atoms with Gasteiger partial charge in [0.05, 0.1) is 12.1 Å². The topological polar surface area (TPSA) is 169 Å². The van der Waals surface area contributed by atoms with Crippen molar-refractivity contribution in [2.45, 2.75) is 29.9 Å². The molecule has 1 saturated heterocycles. The number of nitrogen functional groups attached to an aromatic ring is 1. The van der Waals surface area contributed by atoms with Crippen LogP contribution in [-0.4, -0.2) is 75.9 Å². The summed E-state index contributed by atoms with van der Waals surface area (Å²) in [7, 11) is 1.69. The lowest BCUT2D eigenvalue weighted by Crippen LogP contribution is -2.70. The fourth-order valence-corrected chi connectivity index (χ4v) is 6.44. The first-order chi connectivity index (χ1) is 14.8. The number of hydrogen-bond acceptors (Lipinski definition) is 11. The number of β-lactam (4-membered cyclic amide) rings is 1. The van der Waals surface area contributed by atoms with E-state index in [1.54, 1.807) is 14.0 Å². The molecule has 2 aromatic heterocycles. The van der Waals surface area contributed by atoms with Crippen molar-refractivity contribution in [3.05, 3.63) is 21.8 Å². The molecule has 4 heterocycles. The first-order valence-corrected chi connectivity index (χ1v) is 11.9. The average Bonchev–Trinajstić information content (AvgIpc) is 3.27. The normalized spacial score (nSPS) is 20.5. The van der Waals surface area contributed by atoms with Crippen LogP contribution < -0.4 is 11.1 Å². The fraction of sp³-hybridized carbons (Fsp3) is 0.438. The summed E-state index contributed by atoms with van der Waals surface area (Å²) in [5.41, 5.74) is 6.92. The van der Waals surface area contributed by atoms with Gasteiger partial charge in [-0.2, -0.15) is 0 Å². The monoisotopic (exact) mass is 482 g/mol. The lowest BCUT2D eigenvalue weighted by molar-refractivity contribution is -0.150. The average molecular weight is 483 g/mol. The number of fused-ring (bicyclic) bond motifs is 1. The minimum absolute atomic E-state index is 0.0343. The number of carbonyl (C=O) groups excluding carboxylic acids is 2. The van der Waals surface area contributed by atoms with Crippen molar-refractivity contribution in [2.75, 3.05) is 17.2 Å². The number of nitrogens with two attached hydrogens (primary N) is 1. The third kappa shape index (κ3) is 4.12. The van der Waals surface area contributed by atoms with E-state index in [0.29, 0.717) is 33.1 Å². The predicted molar refractivity (Wildman–Crippen MR) is 114 cm³/mol.